The summed E-state index contributed by atoms with van der Waals surface area (Å²) in [6.45, 7) is 2.95. The third-order valence-electron chi connectivity index (χ3n) is 5.29. The van der Waals surface area contributed by atoms with Crippen molar-refractivity contribution in [2.24, 2.45) is 0 Å². The molecular weight excluding hydrogens is 332 g/mol. The van der Waals surface area contributed by atoms with Crippen LogP contribution in [0.3, 0.4) is 0 Å². The van der Waals surface area contributed by atoms with E-state index >= 15 is 0 Å². The minimum atomic E-state index is -0.299. The smallest absolute Gasteiger partial charge is 0.163 e. The second-order valence-corrected chi connectivity index (χ2v) is 7.94. The van der Waals surface area contributed by atoms with Crippen molar-refractivity contribution in [1.29, 1.82) is 5.26 Å². The second kappa shape index (κ2) is 6.89. The Labute approximate surface area is 152 Å². The average molecular weight is 354 g/mol. The predicted octanol–water partition coefficient (Wildman–Crippen LogP) is 3.66. The fourth-order valence-electron chi connectivity index (χ4n) is 3.96. The molecule has 1 aromatic heterocycles. The topological polar surface area (TPSA) is 45.5 Å². The van der Waals surface area contributed by atoms with Gasteiger partial charge in [-0.25, -0.2) is 0 Å². The standard InChI is InChI=1S/C20H22N2O2S/c1-23-19-12-18-17(11-16(13-21)25-18)20(24-19)7-9-22(10-8-20)14-15-5-3-2-4-6-15/h2-6,11,19H,7-10,12,14H2,1H3/t19-/m1/s1. The van der Waals surface area contributed by atoms with Gasteiger partial charge in [-0.1, -0.05) is 30.3 Å². The van der Waals surface area contributed by atoms with E-state index in [1.54, 1.807) is 18.4 Å². The number of piperidine rings is 1. The van der Waals surface area contributed by atoms with Crippen LogP contribution >= 0.6 is 11.3 Å². The Hall–Kier alpha value is -1.71. The van der Waals surface area contributed by atoms with Crippen molar-refractivity contribution < 1.29 is 9.47 Å². The molecule has 0 radical (unpaired) electrons. The van der Waals surface area contributed by atoms with E-state index in [-0.39, 0.29) is 11.9 Å². The second-order valence-electron chi connectivity index (χ2n) is 6.80. The molecule has 25 heavy (non-hydrogen) atoms. The zero-order valence-corrected chi connectivity index (χ0v) is 15.2. The molecule has 4 nitrogen and oxygen atoms in total. The summed E-state index contributed by atoms with van der Waals surface area (Å²) in [5.41, 5.74) is 2.27. The fourth-order valence-corrected chi connectivity index (χ4v) is 5.02. The van der Waals surface area contributed by atoms with Gasteiger partial charge in [0, 0.05) is 38.0 Å². The highest BCUT2D eigenvalue weighted by molar-refractivity contribution is 7.12. The predicted molar refractivity (Wildman–Crippen MR) is 97.3 cm³/mol. The minimum Gasteiger partial charge on any atom is -0.355 e. The van der Waals surface area contributed by atoms with Crippen LogP contribution in [0.1, 0.15) is 33.7 Å². The van der Waals surface area contributed by atoms with Gasteiger partial charge >= 0.3 is 0 Å². The number of thiophene rings is 1. The van der Waals surface area contributed by atoms with Gasteiger partial charge in [-0.05, 0) is 30.0 Å². The van der Waals surface area contributed by atoms with E-state index in [9.17, 15) is 5.26 Å². The fraction of sp³-hybridized carbons (Fsp3) is 0.450. The first-order valence-electron chi connectivity index (χ1n) is 8.72. The molecule has 0 N–H and O–H groups in total. The van der Waals surface area contributed by atoms with Gasteiger partial charge in [0.1, 0.15) is 10.9 Å². The molecule has 4 rings (SSSR count). The number of fused-ring (bicyclic) bond motifs is 2. The van der Waals surface area contributed by atoms with Gasteiger partial charge in [0.15, 0.2) is 6.29 Å². The van der Waals surface area contributed by atoms with Gasteiger partial charge in [-0.2, -0.15) is 5.26 Å². The summed E-state index contributed by atoms with van der Waals surface area (Å²) in [6, 6.07) is 14.9. The largest absolute Gasteiger partial charge is 0.355 e. The normalized spacial score (nSPS) is 22.5. The molecule has 0 bridgehead atoms. The van der Waals surface area contributed by atoms with Gasteiger partial charge < -0.3 is 9.47 Å². The Morgan fingerprint density at radius 3 is 2.76 bits per heavy atom. The number of benzene rings is 1. The maximum absolute atomic E-state index is 9.28. The van der Waals surface area contributed by atoms with Crippen molar-refractivity contribution in [2.75, 3.05) is 20.2 Å². The molecule has 2 aliphatic heterocycles. The highest BCUT2D eigenvalue weighted by Crippen LogP contribution is 2.46. The number of ether oxygens (including phenoxy) is 2. The quantitative estimate of drug-likeness (QED) is 0.844. The monoisotopic (exact) mass is 354 g/mol. The molecule has 0 aliphatic carbocycles. The number of hydrogen-bond donors (Lipinski definition) is 0. The van der Waals surface area contributed by atoms with Crippen molar-refractivity contribution in [3.63, 3.8) is 0 Å². The number of methoxy groups -OCH3 is 1. The van der Waals surface area contributed by atoms with E-state index < -0.39 is 0 Å². The lowest BCUT2D eigenvalue weighted by Crippen LogP contribution is -2.48. The number of hydrogen-bond acceptors (Lipinski definition) is 5. The van der Waals surface area contributed by atoms with Crippen LogP contribution in [0, 0.1) is 11.3 Å². The highest BCUT2D eigenvalue weighted by Gasteiger charge is 2.45. The lowest BCUT2D eigenvalue weighted by molar-refractivity contribution is -0.226. The van der Waals surface area contributed by atoms with Crippen LogP contribution in [0.5, 0.6) is 0 Å². The van der Waals surface area contributed by atoms with Crippen molar-refractivity contribution in [3.05, 3.63) is 57.3 Å². The van der Waals surface area contributed by atoms with Gasteiger partial charge in [0.2, 0.25) is 0 Å². The van der Waals surface area contributed by atoms with Crippen LogP contribution in [-0.4, -0.2) is 31.4 Å². The molecule has 1 saturated heterocycles. The molecule has 0 saturated carbocycles. The zero-order chi connectivity index (χ0) is 17.3. The maximum Gasteiger partial charge on any atom is 0.163 e. The SMILES string of the molecule is CO[C@H]1Cc2sc(C#N)cc2C2(CCN(Cc3ccccc3)CC2)O1. The molecular formula is C20H22N2O2S. The van der Waals surface area contributed by atoms with Gasteiger partial charge in [-0.3, -0.25) is 4.90 Å². The van der Waals surface area contributed by atoms with E-state index in [4.69, 9.17) is 9.47 Å². The Kier molecular flexibility index (Phi) is 4.61. The average Bonchev–Trinajstić information content (AvgIpc) is 3.09. The molecule has 1 spiro atoms. The highest BCUT2D eigenvalue weighted by atomic mass is 32.1. The van der Waals surface area contributed by atoms with Crippen LogP contribution in [0.25, 0.3) is 0 Å². The molecule has 0 amide bonds. The number of likely N-dealkylation sites (tertiary alicyclic amines) is 1. The summed E-state index contributed by atoms with van der Waals surface area (Å²) in [5.74, 6) is 0. The van der Waals surface area contributed by atoms with Crippen molar-refractivity contribution in [2.45, 2.75) is 37.7 Å². The molecule has 0 unspecified atom stereocenters. The van der Waals surface area contributed by atoms with Crippen LogP contribution in [0.2, 0.25) is 0 Å². The van der Waals surface area contributed by atoms with Crippen molar-refractivity contribution in [3.8, 4) is 6.07 Å². The van der Waals surface area contributed by atoms with E-state index in [0.29, 0.717) is 0 Å². The van der Waals surface area contributed by atoms with Crippen LogP contribution < -0.4 is 0 Å². The summed E-state index contributed by atoms with van der Waals surface area (Å²) < 4.78 is 11.9. The maximum atomic E-state index is 9.28. The molecule has 2 aliphatic rings. The zero-order valence-electron chi connectivity index (χ0n) is 14.4. The lowest BCUT2D eigenvalue weighted by Gasteiger charge is -2.46. The Morgan fingerprint density at radius 2 is 2.08 bits per heavy atom. The van der Waals surface area contributed by atoms with Crippen LogP contribution in [0.15, 0.2) is 36.4 Å². The number of nitriles is 1. The summed E-state index contributed by atoms with van der Waals surface area (Å²) in [6.07, 6.45) is 2.41. The van der Waals surface area contributed by atoms with Crippen molar-refractivity contribution in [1.82, 2.24) is 4.90 Å². The third-order valence-corrected chi connectivity index (χ3v) is 6.36. The van der Waals surface area contributed by atoms with Crippen molar-refractivity contribution >= 4 is 11.3 Å². The van der Waals surface area contributed by atoms with Gasteiger partial charge in [0.05, 0.1) is 5.60 Å². The number of rotatable bonds is 3. The van der Waals surface area contributed by atoms with Gasteiger partial charge in [0.25, 0.3) is 0 Å². The Bertz CT molecular complexity index is 773. The first kappa shape index (κ1) is 16.7. The minimum absolute atomic E-state index is 0.210. The first-order valence-corrected chi connectivity index (χ1v) is 9.54. The van der Waals surface area contributed by atoms with E-state index in [1.807, 2.05) is 6.07 Å². The Morgan fingerprint density at radius 1 is 1.32 bits per heavy atom. The molecule has 1 aromatic carbocycles. The molecule has 2 aromatic rings. The summed E-state index contributed by atoms with van der Waals surface area (Å²) in [5, 5.41) is 9.28. The van der Waals surface area contributed by atoms with Gasteiger partial charge in [-0.15, -0.1) is 11.3 Å². The van der Waals surface area contributed by atoms with Crippen LogP contribution in [-0.2, 0) is 28.0 Å². The molecule has 1 fully saturated rings. The van der Waals surface area contributed by atoms with E-state index in [0.717, 1.165) is 43.8 Å². The lowest BCUT2D eigenvalue weighted by atomic mass is 9.82. The summed E-state index contributed by atoms with van der Waals surface area (Å²) >= 11 is 1.59. The first-order chi connectivity index (χ1) is 12.2. The molecule has 3 heterocycles. The summed E-state index contributed by atoms with van der Waals surface area (Å²) in [4.78, 5) is 4.51. The van der Waals surface area contributed by atoms with E-state index in [2.05, 4.69) is 41.3 Å². The molecule has 5 heteroatoms. The number of nitrogens with zero attached hydrogens (tertiary/aromatic N) is 2. The van der Waals surface area contributed by atoms with E-state index in [1.165, 1.54) is 16.0 Å². The van der Waals surface area contributed by atoms with Crippen LogP contribution in [0.4, 0.5) is 0 Å². The molecule has 130 valence electrons. The Balaban J connectivity index is 1.53. The third kappa shape index (κ3) is 3.23. The molecule has 1 atom stereocenters. The summed E-state index contributed by atoms with van der Waals surface area (Å²) in [7, 11) is 1.70.